The predicted molar refractivity (Wildman–Crippen MR) is 57.2 cm³/mol. The van der Waals surface area contributed by atoms with Crippen LogP contribution in [0.3, 0.4) is 0 Å². The minimum Gasteiger partial charge on any atom is -0.257 e. The molecule has 0 aliphatic carbocycles. The van der Waals surface area contributed by atoms with E-state index in [9.17, 15) is 0 Å². The van der Waals surface area contributed by atoms with E-state index in [-0.39, 0.29) is 0 Å². The summed E-state index contributed by atoms with van der Waals surface area (Å²) in [7, 11) is 0. The van der Waals surface area contributed by atoms with E-state index in [1.165, 1.54) is 11.4 Å². The van der Waals surface area contributed by atoms with Crippen molar-refractivity contribution in [2.24, 2.45) is 11.8 Å². The summed E-state index contributed by atoms with van der Waals surface area (Å²) in [6.07, 6.45) is 3.89. The van der Waals surface area contributed by atoms with Crippen molar-refractivity contribution >= 4 is 0 Å². The van der Waals surface area contributed by atoms with Gasteiger partial charge in [-0.3, -0.25) is 9.97 Å². The first kappa shape index (κ1) is 9.63. The minimum atomic E-state index is 0.576. The zero-order valence-electron chi connectivity index (χ0n) is 9.36. The summed E-state index contributed by atoms with van der Waals surface area (Å²) >= 11 is 0. The highest BCUT2D eigenvalue weighted by Crippen LogP contribution is 2.44. The molecule has 0 spiro atoms. The van der Waals surface area contributed by atoms with Gasteiger partial charge in [-0.15, -0.1) is 0 Å². The van der Waals surface area contributed by atoms with E-state index in [1.807, 2.05) is 12.4 Å². The van der Waals surface area contributed by atoms with E-state index in [0.717, 1.165) is 0 Å². The van der Waals surface area contributed by atoms with Crippen LogP contribution in [0.5, 0.6) is 0 Å². The lowest BCUT2D eigenvalue weighted by Crippen LogP contribution is -2.27. The molecule has 2 bridgehead atoms. The first-order valence-electron chi connectivity index (χ1n) is 5.43. The summed E-state index contributed by atoms with van der Waals surface area (Å²) in [5.41, 5.74) is 2.35. The molecular formula is C12H18N2. The van der Waals surface area contributed by atoms with E-state index in [4.69, 9.17) is 0 Å². The van der Waals surface area contributed by atoms with Crippen LogP contribution in [0.2, 0.25) is 0 Å². The fourth-order valence-corrected chi connectivity index (χ4v) is 2.57. The third kappa shape index (κ3) is 1.33. The Labute approximate surface area is 85.8 Å². The van der Waals surface area contributed by atoms with E-state index in [1.54, 1.807) is 0 Å². The number of hydrogen-bond acceptors (Lipinski definition) is 2. The summed E-state index contributed by atoms with van der Waals surface area (Å²) < 4.78 is 0. The van der Waals surface area contributed by atoms with Crippen LogP contribution in [0.1, 0.15) is 50.9 Å². The Bertz CT molecular complexity index is 281. The zero-order chi connectivity index (χ0) is 10.3. The molecule has 2 aliphatic rings. The zero-order valence-corrected chi connectivity index (χ0v) is 9.36. The molecule has 1 aromatic heterocycles. The molecular weight excluding hydrogens is 172 g/mol. The summed E-state index contributed by atoms with van der Waals surface area (Å²) in [4.78, 5) is 8.88. The number of rotatable bonds is 2. The van der Waals surface area contributed by atoms with Crippen molar-refractivity contribution in [2.45, 2.75) is 39.5 Å². The number of fused-ring (bicyclic) bond motifs is 3. The second-order valence-electron chi connectivity index (χ2n) is 4.91. The van der Waals surface area contributed by atoms with Gasteiger partial charge in [0.05, 0.1) is 11.4 Å². The molecule has 2 unspecified atom stereocenters. The fourth-order valence-electron chi connectivity index (χ4n) is 2.57. The summed E-state index contributed by atoms with van der Waals surface area (Å²) in [6.45, 7) is 9.10. The Kier molecular flexibility index (Phi) is 2.30. The molecule has 0 saturated heterocycles. The van der Waals surface area contributed by atoms with Crippen molar-refractivity contribution in [2.75, 3.05) is 0 Å². The summed E-state index contributed by atoms with van der Waals surface area (Å²) in [6, 6.07) is 0. The fraction of sp³-hybridized carbons (Fsp3) is 0.667. The highest BCUT2D eigenvalue weighted by Gasteiger charge is 2.35. The molecule has 3 rings (SSSR count). The van der Waals surface area contributed by atoms with Crippen LogP contribution in [0.4, 0.5) is 0 Å². The molecule has 0 amide bonds. The van der Waals surface area contributed by atoms with Gasteiger partial charge in [-0.1, -0.05) is 27.7 Å². The standard InChI is InChI=1S/C12H18N2/c1-7(2)11-9-5-14-10(6-13-9)12(11)8(3)4/h5-8,11-12H,1-4H3. The maximum Gasteiger partial charge on any atom is 0.0627 e. The average molecular weight is 190 g/mol. The minimum absolute atomic E-state index is 0.576. The van der Waals surface area contributed by atoms with Crippen LogP contribution in [0, 0.1) is 11.8 Å². The van der Waals surface area contributed by atoms with Crippen LogP contribution in [-0.4, -0.2) is 9.97 Å². The van der Waals surface area contributed by atoms with Crippen molar-refractivity contribution in [3.05, 3.63) is 23.8 Å². The third-order valence-corrected chi connectivity index (χ3v) is 3.20. The molecule has 3 heterocycles. The van der Waals surface area contributed by atoms with Crippen LogP contribution in [-0.2, 0) is 0 Å². The lowest BCUT2D eigenvalue weighted by atomic mass is 9.72. The Morgan fingerprint density at radius 1 is 0.857 bits per heavy atom. The second-order valence-corrected chi connectivity index (χ2v) is 4.91. The van der Waals surface area contributed by atoms with Gasteiger partial charge in [0.1, 0.15) is 0 Å². The van der Waals surface area contributed by atoms with Crippen molar-refractivity contribution < 1.29 is 0 Å². The van der Waals surface area contributed by atoms with E-state index >= 15 is 0 Å². The molecule has 76 valence electrons. The Morgan fingerprint density at radius 2 is 1.21 bits per heavy atom. The van der Waals surface area contributed by atoms with Gasteiger partial charge in [0.2, 0.25) is 0 Å². The van der Waals surface area contributed by atoms with Gasteiger partial charge in [-0.05, 0) is 11.8 Å². The maximum absolute atomic E-state index is 4.44. The van der Waals surface area contributed by atoms with Gasteiger partial charge in [-0.2, -0.15) is 0 Å². The SMILES string of the molecule is CC(C)C1c2cnc(cn2)C1C(C)C. The molecule has 0 saturated carbocycles. The van der Waals surface area contributed by atoms with Gasteiger partial charge < -0.3 is 0 Å². The lowest BCUT2D eigenvalue weighted by Gasteiger charge is -2.35. The molecule has 0 radical (unpaired) electrons. The highest BCUT2D eigenvalue weighted by atomic mass is 14.8. The maximum atomic E-state index is 4.44. The molecule has 0 fully saturated rings. The highest BCUT2D eigenvalue weighted by molar-refractivity contribution is 5.24. The molecule has 1 aromatic rings. The molecule has 0 aromatic carbocycles. The number of aromatic nitrogens is 2. The van der Waals surface area contributed by atoms with Crippen LogP contribution in [0.25, 0.3) is 0 Å². The van der Waals surface area contributed by atoms with Crippen molar-refractivity contribution in [3.8, 4) is 0 Å². The topological polar surface area (TPSA) is 25.8 Å². The van der Waals surface area contributed by atoms with Gasteiger partial charge >= 0.3 is 0 Å². The Balaban J connectivity index is 2.43. The third-order valence-electron chi connectivity index (χ3n) is 3.20. The summed E-state index contributed by atoms with van der Waals surface area (Å²) in [5, 5.41) is 0. The van der Waals surface area contributed by atoms with Crippen molar-refractivity contribution in [3.63, 3.8) is 0 Å². The van der Waals surface area contributed by atoms with E-state index in [0.29, 0.717) is 23.7 Å². The normalized spacial score (nSPS) is 25.0. The molecule has 2 aliphatic heterocycles. The van der Waals surface area contributed by atoms with Crippen molar-refractivity contribution in [1.29, 1.82) is 0 Å². The molecule has 14 heavy (non-hydrogen) atoms. The monoisotopic (exact) mass is 190 g/mol. The van der Waals surface area contributed by atoms with Crippen LogP contribution >= 0.6 is 0 Å². The van der Waals surface area contributed by atoms with Crippen LogP contribution in [0.15, 0.2) is 12.4 Å². The van der Waals surface area contributed by atoms with Gasteiger partial charge in [0, 0.05) is 24.2 Å². The quantitative estimate of drug-likeness (QED) is 0.716. The Hall–Kier alpha value is -0.920. The molecule has 2 heteroatoms. The Morgan fingerprint density at radius 3 is 1.43 bits per heavy atom. The van der Waals surface area contributed by atoms with Crippen molar-refractivity contribution in [1.82, 2.24) is 9.97 Å². The molecule has 0 N–H and O–H groups in total. The largest absolute Gasteiger partial charge is 0.257 e. The smallest absolute Gasteiger partial charge is 0.0627 e. The molecule has 2 atom stereocenters. The molecule has 2 nitrogen and oxygen atoms in total. The average Bonchev–Trinajstić information content (AvgIpc) is 2.17. The summed E-state index contributed by atoms with van der Waals surface area (Å²) in [5.74, 6) is 2.45. The van der Waals surface area contributed by atoms with E-state index < -0.39 is 0 Å². The van der Waals surface area contributed by atoms with E-state index in [2.05, 4.69) is 37.7 Å². The number of nitrogens with zero attached hydrogens (tertiary/aromatic N) is 2. The van der Waals surface area contributed by atoms with Crippen LogP contribution < -0.4 is 0 Å². The second kappa shape index (κ2) is 3.34. The number of hydrogen-bond donors (Lipinski definition) is 0. The lowest BCUT2D eigenvalue weighted by molar-refractivity contribution is 0.320. The van der Waals surface area contributed by atoms with Gasteiger partial charge in [0.25, 0.3) is 0 Å². The predicted octanol–water partition coefficient (Wildman–Crippen LogP) is 2.97. The first-order valence-corrected chi connectivity index (χ1v) is 5.43. The van der Waals surface area contributed by atoms with Gasteiger partial charge in [0.15, 0.2) is 0 Å². The van der Waals surface area contributed by atoms with Gasteiger partial charge in [-0.25, -0.2) is 0 Å². The first-order chi connectivity index (χ1) is 6.61.